The van der Waals surface area contributed by atoms with Crippen LogP contribution < -0.4 is 0 Å². The Kier molecular flexibility index (Phi) is 3.73. The van der Waals surface area contributed by atoms with Crippen LogP contribution in [0.5, 0.6) is 0 Å². The summed E-state index contributed by atoms with van der Waals surface area (Å²) < 4.78 is 5.28. The van der Waals surface area contributed by atoms with E-state index < -0.39 is 0 Å². The van der Waals surface area contributed by atoms with Crippen LogP contribution in [0.3, 0.4) is 0 Å². The topological polar surface area (TPSA) is 49.2 Å². The number of ether oxygens (including phenoxy) is 1. The predicted molar refractivity (Wildman–Crippen MR) is 59.9 cm³/mol. The lowest BCUT2D eigenvalue weighted by atomic mass is 10.2. The number of nitrogens with zero attached hydrogens (tertiary/aromatic N) is 3. The van der Waals surface area contributed by atoms with Crippen molar-refractivity contribution in [1.82, 2.24) is 9.88 Å². The molecule has 0 aliphatic carbocycles. The molecule has 1 saturated heterocycles. The molecule has 16 heavy (non-hydrogen) atoms. The molecule has 0 aromatic carbocycles. The van der Waals surface area contributed by atoms with Gasteiger partial charge in [-0.25, -0.2) is 4.98 Å². The molecular weight excluding hydrogens is 226 g/mol. The highest BCUT2D eigenvalue weighted by molar-refractivity contribution is 6.29. The zero-order chi connectivity index (χ0) is 11.4. The third-order valence-electron chi connectivity index (χ3n) is 2.49. The van der Waals surface area contributed by atoms with E-state index in [1.54, 1.807) is 6.20 Å². The molecule has 1 unspecified atom stereocenters. The van der Waals surface area contributed by atoms with Crippen LogP contribution in [-0.2, 0) is 11.3 Å². The van der Waals surface area contributed by atoms with E-state index in [4.69, 9.17) is 21.6 Å². The third-order valence-corrected chi connectivity index (χ3v) is 2.70. The Morgan fingerprint density at radius 2 is 2.56 bits per heavy atom. The van der Waals surface area contributed by atoms with Gasteiger partial charge in [0.2, 0.25) is 0 Å². The summed E-state index contributed by atoms with van der Waals surface area (Å²) in [7, 11) is 0. The van der Waals surface area contributed by atoms with Crippen LogP contribution in [0.4, 0.5) is 0 Å². The summed E-state index contributed by atoms with van der Waals surface area (Å²) >= 11 is 5.81. The Morgan fingerprint density at radius 3 is 3.31 bits per heavy atom. The molecule has 0 bridgehead atoms. The van der Waals surface area contributed by atoms with E-state index in [2.05, 4.69) is 16.0 Å². The number of rotatable bonds is 2. The van der Waals surface area contributed by atoms with Gasteiger partial charge in [-0.3, -0.25) is 4.90 Å². The fourth-order valence-corrected chi connectivity index (χ4v) is 1.92. The van der Waals surface area contributed by atoms with Crippen molar-refractivity contribution in [3.05, 3.63) is 29.0 Å². The van der Waals surface area contributed by atoms with Crippen molar-refractivity contribution in [1.29, 1.82) is 5.26 Å². The molecule has 4 nitrogen and oxygen atoms in total. The van der Waals surface area contributed by atoms with E-state index in [1.165, 1.54) is 0 Å². The smallest absolute Gasteiger partial charge is 0.156 e. The highest BCUT2D eigenvalue weighted by atomic mass is 35.5. The minimum atomic E-state index is -0.314. The van der Waals surface area contributed by atoms with Gasteiger partial charge < -0.3 is 4.74 Å². The van der Waals surface area contributed by atoms with Crippen LogP contribution in [0, 0.1) is 11.3 Å². The SMILES string of the molecule is N#CC1CN(Cc2ccnc(Cl)c2)CCO1. The van der Waals surface area contributed by atoms with Crippen LogP contribution >= 0.6 is 11.6 Å². The third kappa shape index (κ3) is 2.92. The lowest BCUT2D eigenvalue weighted by molar-refractivity contribution is -0.00269. The molecule has 2 heterocycles. The first kappa shape index (κ1) is 11.3. The van der Waals surface area contributed by atoms with Crippen LogP contribution in [0.25, 0.3) is 0 Å². The van der Waals surface area contributed by atoms with E-state index in [0.717, 1.165) is 18.7 Å². The van der Waals surface area contributed by atoms with Crippen molar-refractivity contribution >= 4 is 11.6 Å². The number of aromatic nitrogens is 1. The lowest BCUT2D eigenvalue weighted by Crippen LogP contribution is -2.41. The summed E-state index contributed by atoms with van der Waals surface area (Å²) in [4.78, 5) is 6.12. The second kappa shape index (κ2) is 5.26. The van der Waals surface area contributed by atoms with Crippen molar-refractivity contribution in [2.24, 2.45) is 0 Å². The van der Waals surface area contributed by atoms with E-state index in [9.17, 15) is 0 Å². The van der Waals surface area contributed by atoms with Crippen molar-refractivity contribution < 1.29 is 4.74 Å². The maximum Gasteiger partial charge on any atom is 0.156 e. The van der Waals surface area contributed by atoms with Crippen LogP contribution in [-0.4, -0.2) is 35.7 Å². The molecule has 0 spiro atoms. The van der Waals surface area contributed by atoms with Gasteiger partial charge in [0.25, 0.3) is 0 Å². The Balaban J connectivity index is 1.97. The molecule has 0 radical (unpaired) electrons. The Labute approximate surface area is 99.4 Å². The average molecular weight is 238 g/mol. The molecule has 0 N–H and O–H groups in total. The highest BCUT2D eigenvalue weighted by Crippen LogP contribution is 2.12. The molecule has 1 aromatic rings. The Hall–Kier alpha value is -1.15. The number of hydrogen-bond acceptors (Lipinski definition) is 4. The number of halogens is 1. The van der Waals surface area contributed by atoms with Gasteiger partial charge in [0.15, 0.2) is 6.10 Å². The zero-order valence-electron chi connectivity index (χ0n) is 8.77. The zero-order valence-corrected chi connectivity index (χ0v) is 9.52. The molecule has 1 fully saturated rings. The highest BCUT2D eigenvalue weighted by Gasteiger charge is 2.19. The van der Waals surface area contributed by atoms with Crippen LogP contribution in [0.2, 0.25) is 5.15 Å². The minimum absolute atomic E-state index is 0.314. The maximum absolute atomic E-state index is 8.79. The largest absolute Gasteiger partial charge is 0.361 e. The van der Waals surface area contributed by atoms with Gasteiger partial charge in [-0.05, 0) is 17.7 Å². The molecule has 84 valence electrons. The predicted octanol–water partition coefficient (Wildman–Crippen LogP) is 1.46. The average Bonchev–Trinajstić information content (AvgIpc) is 2.29. The first-order valence-corrected chi connectivity index (χ1v) is 5.50. The Bertz CT molecular complexity index is 404. The van der Waals surface area contributed by atoms with Gasteiger partial charge in [-0.2, -0.15) is 5.26 Å². The van der Waals surface area contributed by atoms with E-state index in [0.29, 0.717) is 18.3 Å². The van der Waals surface area contributed by atoms with Gasteiger partial charge in [-0.1, -0.05) is 11.6 Å². The van der Waals surface area contributed by atoms with Crippen molar-refractivity contribution in [2.45, 2.75) is 12.6 Å². The first-order chi connectivity index (χ1) is 7.78. The molecule has 0 saturated carbocycles. The Morgan fingerprint density at radius 1 is 1.69 bits per heavy atom. The van der Waals surface area contributed by atoms with Gasteiger partial charge in [0, 0.05) is 25.8 Å². The maximum atomic E-state index is 8.79. The number of hydrogen-bond donors (Lipinski definition) is 0. The molecule has 1 atom stereocenters. The van der Waals surface area contributed by atoms with Crippen LogP contribution in [0.1, 0.15) is 5.56 Å². The van der Waals surface area contributed by atoms with Gasteiger partial charge >= 0.3 is 0 Å². The van der Waals surface area contributed by atoms with Crippen LogP contribution in [0.15, 0.2) is 18.3 Å². The summed E-state index contributed by atoms with van der Waals surface area (Å²) in [5.41, 5.74) is 1.11. The summed E-state index contributed by atoms with van der Waals surface area (Å²) in [6.45, 7) is 2.88. The summed E-state index contributed by atoms with van der Waals surface area (Å²) in [5.74, 6) is 0. The first-order valence-electron chi connectivity index (χ1n) is 5.12. The fourth-order valence-electron chi connectivity index (χ4n) is 1.72. The second-order valence-electron chi connectivity index (χ2n) is 3.71. The summed E-state index contributed by atoms with van der Waals surface area (Å²) in [6.07, 6.45) is 1.38. The van der Waals surface area contributed by atoms with E-state index in [-0.39, 0.29) is 6.10 Å². The molecule has 0 amide bonds. The second-order valence-corrected chi connectivity index (χ2v) is 4.10. The standard InChI is InChI=1S/C11H12ClN3O/c12-11-5-9(1-2-14-11)7-15-3-4-16-10(6-13)8-15/h1-2,5,10H,3-4,7-8H2. The molecule has 1 aliphatic heterocycles. The quantitative estimate of drug-likeness (QED) is 0.731. The number of pyridine rings is 1. The van der Waals surface area contributed by atoms with Crippen molar-refractivity contribution in [2.75, 3.05) is 19.7 Å². The molecule has 1 aliphatic rings. The van der Waals surface area contributed by atoms with Crippen molar-refractivity contribution in [3.63, 3.8) is 0 Å². The normalized spacial score (nSPS) is 21.6. The van der Waals surface area contributed by atoms with Gasteiger partial charge in [0.05, 0.1) is 12.7 Å². The summed E-state index contributed by atoms with van der Waals surface area (Å²) in [6, 6.07) is 5.91. The minimum Gasteiger partial charge on any atom is -0.361 e. The van der Waals surface area contributed by atoms with E-state index >= 15 is 0 Å². The van der Waals surface area contributed by atoms with Gasteiger partial charge in [0.1, 0.15) is 5.15 Å². The van der Waals surface area contributed by atoms with Crippen molar-refractivity contribution in [3.8, 4) is 6.07 Å². The molecule has 5 heteroatoms. The molecular formula is C11H12ClN3O. The lowest BCUT2D eigenvalue weighted by Gasteiger charge is -2.29. The van der Waals surface area contributed by atoms with E-state index in [1.807, 2.05) is 12.1 Å². The number of morpholine rings is 1. The molecule has 2 rings (SSSR count). The van der Waals surface area contributed by atoms with Gasteiger partial charge in [-0.15, -0.1) is 0 Å². The summed E-state index contributed by atoms with van der Waals surface area (Å²) in [5, 5.41) is 9.29. The number of nitriles is 1. The molecule has 1 aromatic heterocycles. The fraction of sp³-hybridized carbons (Fsp3) is 0.455. The monoisotopic (exact) mass is 237 g/mol.